The zero-order chi connectivity index (χ0) is 37.3. The van der Waals surface area contributed by atoms with E-state index in [0.29, 0.717) is 19.4 Å². The van der Waals surface area contributed by atoms with Crippen LogP contribution in [0.4, 0.5) is 0 Å². The van der Waals surface area contributed by atoms with E-state index in [1.807, 2.05) is 0 Å². The Kier molecular flexibility index (Phi) is 42.4. The normalized spacial score (nSPS) is 11.6. The van der Waals surface area contributed by atoms with Crippen molar-refractivity contribution in [3.63, 3.8) is 0 Å². The summed E-state index contributed by atoms with van der Waals surface area (Å²) in [5, 5.41) is 63.5. The lowest BCUT2D eigenvalue weighted by molar-refractivity contribution is -0.144. The fourth-order valence-electron chi connectivity index (χ4n) is 1.07. The van der Waals surface area contributed by atoms with Crippen molar-refractivity contribution in [3.8, 4) is 0 Å². The van der Waals surface area contributed by atoms with Crippen molar-refractivity contribution in [2.45, 2.75) is 43.4 Å². The van der Waals surface area contributed by atoms with E-state index in [1.165, 1.54) is 0 Å². The van der Waals surface area contributed by atoms with E-state index in [2.05, 4.69) is 29.1 Å². The standard InChI is InChI=1S/C6H14N4O2.C4H7NO4.C3H7NO3.C3H7NO2S.2C2H5NO2/c7-4(5(11)12)2-1-3-10-6(8)9;5-2(4(8)9)1-3(6)7;4-2(1-5)3(6)7;4-2(1-7)3(5)6;2*3-1-2(4)5/h4H,1-3,7H2,(H,11,12)(H4,8,9,10);2H,1,5H2,(H,6,7)(H,8,9);2,5H,1,4H2,(H,6,7);2,7H,1,4H2,(H,5,6);2*1,3H2,(H,4,5). The molecule has 24 N–H and O–H groups in total. The molecule has 0 fully saturated rings. The van der Waals surface area contributed by atoms with Gasteiger partial charge < -0.3 is 86.7 Å². The molecule has 0 aromatic carbocycles. The van der Waals surface area contributed by atoms with Crippen LogP contribution in [-0.4, -0.2) is 145 Å². The summed E-state index contributed by atoms with van der Waals surface area (Å²) < 4.78 is 0. The topological polar surface area (TPSA) is 502 Å². The van der Waals surface area contributed by atoms with Gasteiger partial charge in [-0.05, 0) is 12.8 Å². The van der Waals surface area contributed by atoms with Gasteiger partial charge in [0.15, 0.2) is 5.96 Å². The van der Waals surface area contributed by atoms with Crippen molar-refractivity contribution in [1.82, 2.24) is 0 Å². The van der Waals surface area contributed by atoms with Crippen molar-refractivity contribution in [1.29, 1.82) is 0 Å². The van der Waals surface area contributed by atoms with Gasteiger partial charge in [0, 0.05) is 12.3 Å². The first-order valence-corrected chi connectivity index (χ1v) is 12.4. The largest absolute Gasteiger partial charge is 0.481 e. The number of aliphatic imine (C=N–C) groups is 1. The lowest BCUT2D eigenvalue weighted by atomic mass is 10.2. The Hall–Kier alpha value is -4.37. The number of hydrogen-bond donors (Lipinski definition) is 17. The number of nitrogens with zero attached hydrogens (tertiary/aromatic N) is 1. The number of rotatable bonds is 14. The molecule has 0 aliphatic rings. The zero-order valence-electron chi connectivity index (χ0n) is 23.9. The van der Waals surface area contributed by atoms with Crippen LogP contribution < -0.4 is 45.9 Å². The molecule has 266 valence electrons. The van der Waals surface area contributed by atoms with Gasteiger partial charge in [-0.3, -0.25) is 38.6 Å². The number of aliphatic carboxylic acids is 7. The van der Waals surface area contributed by atoms with Crippen LogP contribution in [0.1, 0.15) is 19.3 Å². The van der Waals surface area contributed by atoms with E-state index < -0.39 is 79.0 Å². The summed E-state index contributed by atoms with van der Waals surface area (Å²) >= 11 is 3.65. The van der Waals surface area contributed by atoms with Crippen molar-refractivity contribution in [3.05, 3.63) is 0 Å². The molecule has 0 radical (unpaired) electrons. The van der Waals surface area contributed by atoms with Crippen LogP contribution in [0.25, 0.3) is 0 Å². The third-order valence-corrected chi connectivity index (χ3v) is 3.77. The summed E-state index contributed by atoms with van der Waals surface area (Å²) in [4.78, 5) is 71.4. The molecule has 0 aliphatic heterocycles. The Bertz CT molecular complexity index is 860. The molecule has 0 bridgehead atoms. The van der Waals surface area contributed by atoms with Crippen LogP contribution in [0.15, 0.2) is 4.99 Å². The Balaban J connectivity index is -0.000000104. The molecule has 0 aliphatic carbocycles. The quantitative estimate of drug-likeness (QED) is 0.0350. The van der Waals surface area contributed by atoms with E-state index >= 15 is 0 Å². The van der Waals surface area contributed by atoms with Crippen LogP contribution >= 0.6 is 12.6 Å². The molecule has 0 saturated carbocycles. The highest BCUT2D eigenvalue weighted by Crippen LogP contribution is 1.94. The SMILES string of the molecule is NC(CC(=O)O)C(=O)O.NC(CO)C(=O)O.NC(CS)C(=O)O.NC(N)=NCCCC(N)C(=O)O.NCC(=O)O.NCC(=O)O. The molecule has 0 spiro atoms. The maximum absolute atomic E-state index is 10.2. The van der Waals surface area contributed by atoms with E-state index in [4.69, 9.17) is 75.3 Å². The molecule has 0 heterocycles. The summed E-state index contributed by atoms with van der Waals surface area (Å²) in [6, 6.07) is -4.05. The number of hydrogen-bond acceptors (Lipinski definition) is 16. The first-order chi connectivity index (χ1) is 20.5. The van der Waals surface area contributed by atoms with Crippen LogP contribution in [0.3, 0.4) is 0 Å². The van der Waals surface area contributed by atoms with Gasteiger partial charge in [-0.15, -0.1) is 0 Å². The Morgan fingerprint density at radius 1 is 0.600 bits per heavy atom. The molecule has 4 unspecified atom stereocenters. The molecule has 24 nitrogen and oxygen atoms in total. The average molecular weight is 684 g/mol. The average Bonchev–Trinajstić information content (AvgIpc) is 2.95. The number of nitrogens with two attached hydrogens (primary N) is 8. The van der Waals surface area contributed by atoms with E-state index in [1.54, 1.807) is 0 Å². The highest BCUT2D eigenvalue weighted by Gasteiger charge is 2.14. The van der Waals surface area contributed by atoms with Crippen molar-refractivity contribution in [2.24, 2.45) is 50.9 Å². The third kappa shape index (κ3) is 59.8. The molecule has 4 atom stereocenters. The lowest BCUT2D eigenvalue weighted by Crippen LogP contribution is -2.33. The molecule has 0 aromatic rings. The summed E-state index contributed by atoms with van der Waals surface area (Å²) in [6.45, 7) is -0.640. The second-order valence-corrected chi connectivity index (χ2v) is 7.75. The number of guanidine groups is 1. The molecule has 25 heteroatoms. The number of thiol groups is 1. The molecule has 0 aromatic heterocycles. The van der Waals surface area contributed by atoms with Gasteiger partial charge in [0.1, 0.15) is 24.2 Å². The minimum atomic E-state index is -1.29. The Morgan fingerprint density at radius 2 is 0.933 bits per heavy atom. The minimum absolute atomic E-state index is 0.0129. The maximum atomic E-state index is 10.2. The summed E-state index contributed by atoms with van der Waals surface area (Å²) in [7, 11) is 0. The van der Waals surface area contributed by atoms with Gasteiger partial charge in [0.05, 0.1) is 26.1 Å². The molecule has 0 rings (SSSR count). The van der Waals surface area contributed by atoms with Gasteiger partial charge in [-0.2, -0.15) is 12.6 Å². The minimum Gasteiger partial charge on any atom is -0.481 e. The molecular formula is C20H45N9O15S. The highest BCUT2D eigenvalue weighted by atomic mass is 32.1. The number of carboxylic acids is 7. The number of carboxylic acid groups (broad SMARTS) is 7. The van der Waals surface area contributed by atoms with E-state index in [-0.39, 0.29) is 24.8 Å². The summed E-state index contributed by atoms with van der Waals surface area (Å²) in [5.41, 5.74) is 39.0. The van der Waals surface area contributed by atoms with E-state index in [9.17, 15) is 33.6 Å². The van der Waals surface area contributed by atoms with Gasteiger partial charge in [-0.1, -0.05) is 0 Å². The first kappa shape index (κ1) is 53.2. The van der Waals surface area contributed by atoms with Crippen LogP contribution in [0.2, 0.25) is 0 Å². The molecular weight excluding hydrogens is 638 g/mol. The maximum Gasteiger partial charge on any atom is 0.322 e. The predicted octanol–water partition coefficient (Wildman–Crippen LogP) is -6.90. The van der Waals surface area contributed by atoms with Crippen LogP contribution in [-0.2, 0) is 33.6 Å². The lowest BCUT2D eigenvalue weighted by Gasteiger charge is -2.03. The number of aliphatic hydroxyl groups is 1. The highest BCUT2D eigenvalue weighted by molar-refractivity contribution is 7.80. The second-order valence-electron chi connectivity index (χ2n) is 7.39. The summed E-state index contributed by atoms with van der Waals surface area (Å²) in [6.07, 6.45) is 0.423. The van der Waals surface area contributed by atoms with Gasteiger partial charge in [-0.25, -0.2) is 0 Å². The fraction of sp³-hybridized carbons (Fsp3) is 0.600. The monoisotopic (exact) mass is 683 g/mol. The van der Waals surface area contributed by atoms with Crippen molar-refractivity contribution >= 4 is 60.4 Å². The Morgan fingerprint density at radius 3 is 1.07 bits per heavy atom. The molecule has 0 amide bonds. The Labute approximate surface area is 261 Å². The number of carbonyl (C=O) groups is 7. The van der Waals surface area contributed by atoms with Gasteiger partial charge >= 0.3 is 41.8 Å². The second kappa shape index (κ2) is 35.8. The van der Waals surface area contributed by atoms with Crippen LogP contribution in [0.5, 0.6) is 0 Å². The van der Waals surface area contributed by atoms with Crippen LogP contribution in [0, 0.1) is 0 Å². The molecule has 0 saturated heterocycles. The van der Waals surface area contributed by atoms with Gasteiger partial charge in [0.2, 0.25) is 0 Å². The smallest absolute Gasteiger partial charge is 0.322 e. The van der Waals surface area contributed by atoms with Crippen molar-refractivity contribution in [2.75, 3.05) is 32.0 Å². The molecule has 45 heavy (non-hydrogen) atoms. The third-order valence-electron chi connectivity index (χ3n) is 3.37. The van der Waals surface area contributed by atoms with E-state index in [0.717, 1.165) is 0 Å². The number of aliphatic hydroxyl groups excluding tert-OH is 1. The van der Waals surface area contributed by atoms with Crippen molar-refractivity contribution < 1.29 is 74.4 Å². The summed E-state index contributed by atoms with van der Waals surface area (Å²) in [5.74, 6) is -7.41. The van der Waals surface area contributed by atoms with Gasteiger partial charge in [0.25, 0.3) is 0 Å². The zero-order valence-corrected chi connectivity index (χ0v) is 24.8. The first-order valence-electron chi connectivity index (χ1n) is 11.7. The predicted molar refractivity (Wildman–Crippen MR) is 159 cm³/mol. The fourth-order valence-corrected chi connectivity index (χ4v) is 1.23.